The van der Waals surface area contributed by atoms with Gasteiger partial charge in [0.1, 0.15) is 17.1 Å². The van der Waals surface area contributed by atoms with Crippen LogP contribution in [0.4, 0.5) is 0 Å². The van der Waals surface area contributed by atoms with Gasteiger partial charge in [-0.2, -0.15) is 0 Å². The fourth-order valence-electron chi connectivity index (χ4n) is 1.95. The van der Waals surface area contributed by atoms with Crippen molar-refractivity contribution in [2.45, 2.75) is 6.92 Å². The highest BCUT2D eigenvalue weighted by molar-refractivity contribution is 6.11. The average molecular weight is 282 g/mol. The average Bonchev–Trinajstić information content (AvgIpc) is 2.45. The lowest BCUT2D eigenvalue weighted by molar-refractivity contribution is 0.101. The molecule has 0 aliphatic heterocycles. The van der Waals surface area contributed by atoms with Crippen LogP contribution < -0.4 is 0 Å². The molecule has 2 aromatic rings. The third-order valence-corrected chi connectivity index (χ3v) is 3.00. The molecule has 4 heteroatoms. The first-order valence-electron chi connectivity index (χ1n) is 6.34. The molecule has 0 spiro atoms. The van der Waals surface area contributed by atoms with E-state index in [0.29, 0.717) is 0 Å². The van der Waals surface area contributed by atoms with E-state index in [-0.39, 0.29) is 16.9 Å². The maximum Gasteiger partial charge on any atom is 0.189 e. The number of ketones is 2. The van der Waals surface area contributed by atoms with Gasteiger partial charge in [0, 0.05) is 0 Å². The molecule has 0 bridgehead atoms. The van der Waals surface area contributed by atoms with Crippen molar-refractivity contribution in [3.8, 4) is 11.5 Å². The lowest BCUT2D eigenvalue weighted by atomic mass is 10.0. The van der Waals surface area contributed by atoms with Gasteiger partial charge in [0.05, 0.1) is 5.56 Å². The summed E-state index contributed by atoms with van der Waals surface area (Å²) >= 11 is 0. The Bertz CT molecular complexity index is 715. The molecule has 0 unspecified atom stereocenters. The lowest BCUT2D eigenvalue weighted by Crippen LogP contribution is -2.01. The van der Waals surface area contributed by atoms with E-state index in [1.54, 1.807) is 6.08 Å². The number of aromatic hydroxyl groups is 2. The van der Waals surface area contributed by atoms with Gasteiger partial charge in [-0.25, -0.2) is 0 Å². The lowest BCUT2D eigenvalue weighted by Gasteiger charge is -2.07. The minimum Gasteiger partial charge on any atom is -0.507 e. The zero-order valence-corrected chi connectivity index (χ0v) is 11.4. The quantitative estimate of drug-likeness (QED) is 0.667. The summed E-state index contributed by atoms with van der Waals surface area (Å²) in [6.45, 7) is 1.21. The summed E-state index contributed by atoms with van der Waals surface area (Å²) in [7, 11) is 0. The van der Waals surface area contributed by atoms with E-state index in [1.807, 2.05) is 30.3 Å². The van der Waals surface area contributed by atoms with Gasteiger partial charge < -0.3 is 10.2 Å². The smallest absolute Gasteiger partial charge is 0.189 e. The van der Waals surface area contributed by atoms with Gasteiger partial charge in [-0.3, -0.25) is 9.59 Å². The van der Waals surface area contributed by atoms with Gasteiger partial charge in [0.25, 0.3) is 0 Å². The molecule has 2 rings (SSSR count). The number of carbonyl (C=O) groups excluding carboxylic acids is 2. The van der Waals surface area contributed by atoms with Crippen molar-refractivity contribution in [1.82, 2.24) is 0 Å². The highest BCUT2D eigenvalue weighted by Gasteiger charge is 2.18. The van der Waals surface area contributed by atoms with E-state index in [0.717, 1.165) is 5.56 Å². The number of carbonyl (C=O) groups is 2. The minimum atomic E-state index is -0.508. The number of Topliss-reactive ketones (excluding diaryl/α,β-unsaturated/α-hetero) is 1. The number of hydrogen-bond acceptors (Lipinski definition) is 4. The van der Waals surface area contributed by atoms with Crippen LogP contribution in [-0.4, -0.2) is 21.8 Å². The summed E-state index contributed by atoms with van der Waals surface area (Å²) in [4.78, 5) is 23.5. The van der Waals surface area contributed by atoms with E-state index < -0.39 is 17.3 Å². The third-order valence-electron chi connectivity index (χ3n) is 3.00. The summed E-state index contributed by atoms with van der Waals surface area (Å²) < 4.78 is 0. The predicted octanol–water partition coefficient (Wildman–Crippen LogP) is 3.20. The molecule has 0 radical (unpaired) electrons. The zero-order chi connectivity index (χ0) is 15.4. The number of allylic oxidation sites excluding steroid dienone is 1. The molecule has 21 heavy (non-hydrogen) atoms. The molecule has 0 heterocycles. The fourth-order valence-corrected chi connectivity index (χ4v) is 1.95. The van der Waals surface area contributed by atoms with Gasteiger partial charge in [-0.05, 0) is 30.7 Å². The summed E-state index contributed by atoms with van der Waals surface area (Å²) in [6, 6.07) is 11.7. The molecule has 106 valence electrons. The van der Waals surface area contributed by atoms with E-state index in [1.165, 1.54) is 25.1 Å². The van der Waals surface area contributed by atoms with Crippen molar-refractivity contribution in [1.29, 1.82) is 0 Å². The molecule has 0 atom stereocenters. The maximum atomic E-state index is 12.1. The molecule has 0 aliphatic carbocycles. The first-order chi connectivity index (χ1) is 10.0. The van der Waals surface area contributed by atoms with Gasteiger partial charge >= 0.3 is 0 Å². The normalized spacial score (nSPS) is 10.7. The molecule has 0 fully saturated rings. The first-order valence-corrected chi connectivity index (χ1v) is 6.34. The molecule has 0 aliphatic rings. The first kappa shape index (κ1) is 14.5. The molecule has 4 nitrogen and oxygen atoms in total. The number of phenols is 2. The maximum absolute atomic E-state index is 12.1. The van der Waals surface area contributed by atoms with Gasteiger partial charge in [-0.15, -0.1) is 0 Å². The van der Waals surface area contributed by atoms with Crippen molar-refractivity contribution in [2.75, 3.05) is 0 Å². The van der Waals surface area contributed by atoms with Crippen molar-refractivity contribution >= 4 is 17.6 Å². The summed E-state index contributed by atoms with van der Waals surface area (Å²) in [5.41, 5.74) is 0.579. The van der Waals surface area contributed by atoms with Crippen LogP contribution in [0.15, 0.2) is 48.5 Å². The molecular formula is C17H14O4. The van der Waals surface area contributed by atoms with Crippen LogP contribution in [0.5, 0.6) is 11.5 Å². The second kappa shape index (κ2) is 6.05. The Hall–Kier alpha value is -2.88. The summed E-state index contributed by atoms with van der Waals surface area (Å²) in [5, 5.41) is 19.5. The second-order valence-corrected chi connectivity index (χ2v) is 4.52. The van der Waals surface area contributed by atoms with Crippen LogP contribution >= 0.6 is 0 Å². The Morgan fingerprint density at radius 2 is 1.67 bits per heavy atom. The van der Waals surface area contributed by atoms with Gasteiger partial charge in [-0.1, -0.05) is 36.4 Å². The van der Waals surface area contributed by atoms with E-state index in [2.05, 4.69) is 0 Å². The van der Waals surface area contributed by atoms with Gasteiger partial charge in [0.15, 0.2) is 11.6 Å². The molecular weight excluding hydrogens is 268 g/mol. The SMILES string of the molecule is CC(=O)c1c(O)ccc(C(=O)C=Cc2ccccc2)c1O. The molecule has 2 N–H and O–H groups in total. The predicted molar refractivity (Wildman–Crippen MR) is 79.6 cm³/mol. The van der Waals surface area contributed by atoms with E-state index in [4.69, 9.17) is 0 Å². The highest BCUT2D eigenvalue weighted by Crippen LogP contribution is 2.31. The van der Waals surface area contributed by atoms with Crippen LogP contribution in [0.3, 0.4) is 0 Å². The second-order valence-electron chi connectivity index (χ2n) is 4.52. The summed E-state index contributed by atoms with van der Waals surface area (Å²) in [6.07, 6.45) is 2.92. The van der Waals surface area contributed by atoms with Crippen molar-refractivity contribution < 1.29 is 19.8 Å². The standard InChI is InChI=1S/C17H14O4/c1-11(18)16-15(20)10-8-13(17(16)21)14(19)9-7-12-5-3-2-4-6-12/h2-10,20-21H,1H3. The fraction of sp³-hybridized carbons (Fsp3) is 0.0588. The van der Waals surface area contributed by atoms with E-state index >= 15 is 0 Å². The number of hydrogen-bond donors (Lipinski definition) is 2. The topological polar surface area (TPSA) is 74.6 Å². The van der Waals surface area contributed by atoms with Crippen LogP contribution in [0, 0.1) is 0 Å². The Labute approximate surface area is 122 Å². The summed E-state index contributed by atoms with van der Waals surface area (Å²) in [5.74, 6) is -1.79. The Morgan fingerprint density at radius 3 is 2.29 bits per heavy atom. The van der Waals surface area contributed by atoms with Crippen molar-refractivity contribution in [3.63, 3.8) is 0 Å². The monoisotopic (exact) mass is 282 g/mol. The van der Waals surface area contributed by atoms with E-state index in [9.17, 15) is 19.8 Å². The molecule has 0 saturated carbocycles. The number of phenolic OH excluding ortho intramolecular Hbond substituents is 2. The van der Waals surface area contributed by atoms with Crippen LogP contribution in [0.1, 0.15) is 33.2 Å². The Balaban J connectivity index is 2.34. The number of benzene rings is 2. The highest BCUT2D eigenvalue weighted by atomic mass is 16.3. The Kier molecular flexibility index (Phi) is 4.18. The van der Waals surface area contributed by atoms with Gasteiger partial charge in [0.2, 0.25) is 0 Å². The minimum absolute atomic E-state index is 0.0230. The van der Waals surface area contributed by atoms with Crippen molar-refractivity contribution in [2.24, 2.45) is 0 Å². The molecule has 0 amide bonds. The van der Waals surface area contributed by atoms with Crippen LogP contribution in [-0.2, 0) is 0 Å². The number of rotatable bonds is 4. The van der Waals surface area contributed by atoms with Crippen LogP contribution in [0.25, 0.3) is 6.08 Å². The Morgan fingerprint density at radius 1 is 1.00 bits per heavy atom. The largest absolute Gasteiger partial charge is 0.507 e. The van der Waals surface area contributed by atoms with Crippen LogP contribution in [0.2, 0.25) is 0 Å². The third kappa shape index (κ3) is 3.17. The molecule has 0 aromatic heterocycles. The molecule has 2 aromatic carbocycles. The zero-order valence-electron chi connectivity index (χ0n) is 11.4. The van der Waals surface area contributed by atoms with Crippen molar-refractivity contribution in [3.05, 3.63) is 65.2 Å². The molecule has 0 saturated heterocycles.